The minimum atomic E-state index is 0.217. The summed E-state index contributed by atoms with van der Waals surface area (Å²) in [5.41, 5.74) is 0.217. The van der Waals surface area contributed by atoms with E-state index >= 15 is 0 Å². The van der Waals surface area contributed by atoms with Crippen LogP contribution in [0.5, 0.6) is 0 Å². The third kappa shape index (κ3) is 0.956. The van der Waals surface area contributed by atoms with E-state index in [1.807, 2.05) is 0 Å². The number of rotatable bonds is 2. The highest BCUT2D eigenvalue weighted by Crippen LogP contribution is 2.29. The van der Waals surface area contributed by atoms with Crippen LogP contribution in [0.25, 0.3) is 0 Å². The fraction of sp³-hybridized carbons (Fsp3) is 1.00. The van der Waals surface area contributed by atoms with Gasteiger partial charge in [0.05, 0.1) is 6.10 Å². The molecule has 0 aromatic heterocycles. The van der Waals surface area contributed by atoms with E-state index in [0.29, 0.717) is 6.10 Å². The molecule has 0 amide bonds. The summed E-state index contributed by atoms with van der Waals surface area (Å²) in [6.07, 6.45) is 0.316. The van der Waals surface area contributed by atoms with Crippen molar-refractivity contribution in [2.24, 2.45) is 5.92 Å². The van der Waals surface area contributed by atoms with Crippen LogP contribution in [0.3, 0.4) is 0 Å². The molecule has 0 saturated carbocycles. The zero-order chi connectivity index (χ0) is 7.78. The lowest BCUT2D eigenvalue weighted by molar-refractivity contribution is -0.0300. The molecule has 1 saturated heterocycles. The van der Waals surface area contributed by atoms with Gasteiger partial charge in [-0.15, -0.1) is 0 Å². The van der Waals surface area contributed by atoms with Gasteiger partial charge in [0, 0.05) is 19.2 Å². The van der Waals surface area contributed by atoms with Crippen LogP contribution >= 0.6 is 0 Å². The molecule has 0 spiro atoms. The molecule has 1 fully saturated rings. The van der Waals surface area contributed by atoms with E-state index in [0.717, 1.165) is 12.5 Å². The van der Waals surface area contributed by atoms with Crippen molar-refractivity contribution < 1.29 is 4.74 Å². The lowest BCUT2D eigenvalue weighted by Crippen LogP contribution is -2.67. The average molecular weight is 143 g/mol. The molecule has 1 aliphatic rings. The Morgan fingerprint density at radius 3 is 2.40 bits per heavy atom. The Labute approximate surface area is 63.0 Å². The Bertz CT molecular complexity index is 126. The summed E-state index contributed by atoms with van der Waals surface area (Å²) in [4.78, 5) is 0. The fourth-order valence-corrected chi connectivity index (χ4v) is 1.42. The SMILES string of the molecule is CO[C@@H](C)C1(C)NC[C@H]1C. The van der Waals surface area contributed by atoms with Gasteiger partial charge in [0.15, 0.2) is 0 Å². The van der Waals surface area contributed by atoms with Crippen molar-refractivity contribution in [3.8, 4) is 0 Å². The Balaban J connectivity index is 2.51. The number of hydrogen-bond acceptors (Lipinski definition) is 2. The molecule has 3 atom stereocenters. The second kappa shape index (κ2) is 2.51. The average Bonchev–Trinajstić information content (AvgIpc) is 1.98. The minimum absolute atomic E-state index is 0.217. The van der Waals surface area contributed by atoms with E-state index in [-0.39, 0.29) is 5.54 Å². The van der Waals surface area contributed by atoms with E-state index in [9.17, 15) is 0 Å². The zero-order valence-electron chi connectivity index (χ0n) is 7.27. The molecule has 0 aliphatic carbocycles. The molecule has 60 valence electrons. The Morgan fingerprint density at radius 1 is 1.70 bits per heavy atom. The van der Waals surface area contributed by atoms with Crippen LogP contribution in [-0.4, -0.2) is 25.3 Å². The van der Waals surface area contributed by atoms with E-state index < -0.39 is 0 Å². The molecule has 0 aromatic carbocycles. The summed E-state index contributed by atoms with van der Waals surface area (Å²) in [5, 5.41) is 3.40. The topological polar surface area (TPSA) is 21.3 Å². The smallest absolute Gasteiger partial charge is 0.0725 e. The maximum Gasteiger partial charge on any atom is 0.0725 e. The van der Waals surface area contributed by atoms with Crippen LogP contribution < -0.4 is 5.32 Å². The quantitative estimate of drug-likeness (QED) is 0.623. The van der Waals surface area contributed by atoms with Crippen LogP contribution in [0.4, 0.5) is 0 Å². The van der Waals surface area contributed by atoms with Gasteiger partial charge in [0.25, 0.3) is 0 Å². The van der Waals surface area contributed by atoms with Crippen LogP contribution in [0.15, 0.2) is 0 Å². The highest BCUT2D eigenvalue weighted by molar-refractivity contribution is 5.02. The third-order valence-corrected chi connectivity index (χ3v) is 3.01. The monoisotopic (exact) mass is 143 g/mol. The van der Waals surface area contributed by atoms with Gasteiger partial charge >= 0.3 is 0 Å². The molecule has 0 aromatic rings. The molecule has 1 aliphatic heterocycles. The van der Waals surface area contributed by atoms with Gasteiger partial charge in [-0.25, -0.2) is 0 Å². The standard InChI is InChI=1S/C8H17NO/c1-6-5-9-8(6,3)7(2)10-4/h6-7,9H,5H2,1-4H3/t6-,7+,8?/m1/s1. The molecule has 1 unspecified atom stereocenters. The van der Waals surface area contributed by atoms with Crippen LogP contribution in [-0.2, 0) is 4.74 Å². The number of ether oxygens (including phenoxy) is 1. The summed E-state index contributed by atoms with van der Waals surface area (Å²) in [6, 6.07) is 0. The molecule has 1 N–H and O–H groups in total. The van der Waals surface area contributed by atoms with Crippen molar-refractivity contribution in [2.45, 2.75) is 32.4 Å². The maximum absolute atomic E-state index is 5.26. The van der Waals surface area contributed by atoms with Crippen LogP contribution in [0, 0.1) is 5.92 Å². The van der Waals surface area contributed by atoms with E-state index in [4.69, 9.17) is 4.74 Å². The highest BCUT2D eigenvalue weighted by atomic mass is 16.5. The predicted molar refractivity (Wildman–Crippen MR) is 42.0 cm³/mol. The van der Waals surface area contributed by atoms with Gasteiger partial charge in [0.1, 0.15) is 0 Å². The van der Waals surface area contributed by atoms with Gasteiger partial charge in [-0.3, -0.25) is 0 Å². The van der Waals surface area contributed by atoms with Crippen LogP contribution in [0.1, 0.15) is 20.8 Å². The van der Waals surface area contributed by atoms with Crippen molar-refractivity contribution in [2.75, 3.05) is 13.7 Å². The van der Waals surface area contributed by atoms with Crippen molar-refractivity contribution >= 4 is 0 Å². The lowest BCUT2D eigenvalue weighted by atomic mass is 9.75. The van der Waals surface area contributed by atoms with Gasteiger partial charge < -0.3 is 10.1 Å². The second-order valence-corrected chi connectivity index (χ2v) is 3.44. The number of nitrogens with one attached hydrogen (secondary N) is 1. The van der Waals surface area contributed by atoms with E-state index in [1.54, 1.807) is 7.11 Å². The molecule has 0 bridgehead atoms. The summed E-state index contributed by atoms with van der Waals surface area (Å²) >= 11 is 0. The summed E-state index contributed by atoms with van der Waals surface area (Å²) < 4.78 is 5.26. The molecule has 2 heteroatoms. The highest BCUT2D eigenvalue weighted by Gasteiger charge is 2.43. The second-order valence-electron chi connectivity index (χ2n) is 3.44. The van der Waals surface area contributed by atoms with Crippen LogP contribution in [0.2, 0.25) is 0 Å². The molecular weight excluding hydrogens is 126 g/mol. The van der Waals surface area contributed by atoms with E-state index in [2.05, 4.69) is 26.1 Å². The number of methoxy groups -OCH3 is 1. The first-order valence-corrected chi connectivity index (χ1v) is 3.89. The molecule has 2 nitrogen and oxygen atoms in total. The minimum Gasteiger partial charge on any atom is -0.380 e. The summed E-state index contributed by atoms with van der Waals surface area (Å²) in [5.74, 6) is 0.738. The molecule has 1 heterocycles. The molecule has 1 rings (SSSR count). The van der Waals surface area contributed by atoms with Gasteiger partial charge in [-0.1, -0.05) is 6.92 Å². The molecule has 10 heavy (non-hydrogen) atoms. The molecule has 0 radical (unpaired) electrons. The molecular formula is C8H17NO. The third-order valence-electron chi connectivity index (χ3n) is 3.01. The lowest BCUT2D eigenvalue weighted by Gasteiger charge is -2.50. The van der Waals surface area contributed by atoms with Crippen molar-refractivity contribution in [1.29, 1.82) is 0 Å². The summed E-state index contributed by atoms with van der Waals surface area (Å²) in [7, 11) is 1.77. The van der Waals surface area contributed by atoms with Crippen molar-refractivity contribution in [3.63, 3.8) is 0 Å². The first-order chi connectivity index (χ1) is 4.61. The normalized spacial score (nSPS) is 42.6. The van der Waals surface area contributed by atoms with Gasteiger partial charge in [-0.05, 0) is 19.8 Å². The first kappa shape index (κ1) is 8.02. The summed E-state index contributed by atoms with van der Waals surface area (Å²) in [6.45, 7) is 7.72. The first-order valence-electron chi connectivity index (χ1n) is 3.89. The van der Waals surface area contributed by atoms with Crippen molar-refractivity contribution in [3.05, 3.63) is 0 Å². The van der Waals surface area contributed by atoms with E-state index in [1.165, 1.54) is 0 Å². The van der Waals surface area contributed by atoms with Gasteiger partial charge in [-0.2, -0.15) is 0 Å². The largest absolute Gasteiger partial charge is 0.380 e. The Morgan fingerprint density at radius 2 is 2.30 bits per heavy atom. The maximum atomic E-state index is 5.26. The number of hydrogen-bond donors (Lipinski definition) is 1. The van der Waals surface area contributed by atoms with Gasteiger partial charge in [0.2, 0.25) is 0 Å². The van der Waals surface area contributed by atoms with Crippen molar-refractivity contribution in [1.82, 2.24) is 5.32 Å². The Kier molecular flexibility index (Phi) is 2.02. The Hall–Kier alpha value is -0.0800. The zero-order valence-corrected chi connectivity index (χ0v) is 7.27. The fourth-order valence-electron chi connectivity index (χ4n) is 1.42. The predicted octanol–water partition coefficient (Wildman–Crippen LogP) is 1.02.